The van der Waals surface area contributed by atoms with Crippen molar-refractivity contribution >= 4 is 28.9 Å². The summed E-state index contributed by atoms with van der Waals surface area (Å²) in [6, 6.07) is 8.80. The maximum atomic E-state index is 13.1. The maximum Gasteiger partial charge on any atom is 0.337 e. The second kappa shape index (κ2) is 5.28. The first-order valence-electron chi connectivity index (χ1n) is 5.53. The number of nitrogens with one attached hydrogen (secondary N) is 1. The molecule has 0 aliphatic carbocycles. The summed E-state index contributed by atoms with van der Waals surface area (Å²) in [4.78, 5) is 11.1. The summed E-state index contributed by atoms with van der Waals surface area (Å²) in [6.45, 7) is 1.84. The van der Waals surface area contributed by atoms with Crippen LogP contribution >= 0.6 is 11.6 Å². The molecule has 0 bridgehead atoms. The highest BCUT2D eigenvalue weighted by Crippen LogP contribution is 2.25. The van der Waals surface area contributed by atoms with Gasteiger partial charge in [0.2, 0.25) is 0 Å². The predicted molar refractivity (Wildman–Crippen MR) is 72.8 cm³/mol. The first-order valence-corrected chi connectivity index (χ1v) is 5.91. The van der Waals surface area contributed by atoms with Crippen LogP contribution in [0.3, 0.4) is 0 Å². The van der Waals surface area contributed by atoms with E-state index in [4.69, 9.17) is 16.7 Å². The van der Waals surface area contributed by atoms with Crippen LogP contribution in [0, 0.1) is 12.7 Å². The van der Waals surface area contributed by atoms with Crippen molar-refractivity contribution < 1.29 is 14.3 Å². The fourth-order valence-corrected chi connectivity index (χ4v) is 1.80. The summed E-state index contributed by atoms with van der Waals surface area (Å²) < 4.78 is 13.1. The molecule has 0 atom stereocenters. The number of hydrogen-bond acceptors (Lipinski definition) is 2. The minimum atomic E-state index is -1.19. The third kappa shape index (κ3) is 3.03. The van der Waals surface area contributed by atoms with Crippen molar-refractivity contribution in [3.63, 3.8) is 0 Å². The molecule has 2 aromatic carbocycles. The molecule has 98 valence electrons. The Balaban J connectivity index is 2.37. The average molecular weight is 280 g/mol. The standard InChI is InChI=1S/C14H11ClFNO2/c1-8-6-10(3-4-12(8)15)17-13-5-2-9(16)7-11(13)14(18)19/h2-7,17H,1H3,(H,18,19). The molecular formula is C14H11ClFNO2. The number of benzene rings is 2. The smallest absolute Gasteiger partial charge is 0.337 e. The summed E-state index contributed by atoms with van der Waals surface area (Å²) >= 11 is 5.91. The van der Waals surface area contributed by atoms with Crippen LogP contribution in [0.2, 0.25) is 5.02 Å². The highest BCUT2D eigenvalue weighted by Gasteiger charge is 2.11. The Morgan fingerprint density at radius 1 is 1.26 bits per heavy atom. The molecule has 5 heteroatoms. The topological polar surface area (TPSA) is 49.3 Å². The second-order valence-electron chi connectivity index (χ2n) is 4.08. The average Bonchev–Trinajstić information content (AvgIpc) is 2.36. The monoisotopic (exact) mass is 279 g/mol. The van der Waals surface area contributed by atoms with Gasteiger partial charge in [0.05, 0.1) is 11.3 Å². The van der Waals surface area contributed by atoms with Gasteiger partial charge in [-0.05, 0) is 48.9 Å². The van der Waals surface area contributed by atoms with Gasteiger partial charge in [-0.2, -0.15) is 0 Å². The largest absolute Gasteiger partial charge is 0.478 e. The van der Waals surface area contributed by atoms with Crippen molar-refractivity contribution in [1.29, 1.82) is 0 Å². The number of aryl methyl sites for hydroxylation is 1. The van der Waals surface area contributed by atoms with Crippen molar-refractivity contribution in [3.8, 4) is 0 Å². The third-order valence-corrected chi connectivity index (χ3v) is 3.07. The molecule has 0 aromatic heterocycles. The zero-order valence-corrected chi connectivity index (χ0v) is 10.8. The van der Waals surface area contributed by atoms with Crippen LogP contribution in [0.1, 0.15) is 15.9 Å². The minimum Gasteiger partial charge on any atom is -0.478 e. The minimum absolute atomic E-state index is 0.118. The van der Waals surface area contributed by atoms with Gasteiger partial charge >= 0.3 is 5.97 Å². The quantitative estimate of drug-likeness (QED) is 0.884. The normalized spacial score (nSPS) is 10.3. The Kier molecular flexibility index (Phi) is 3.71. The van der Waals surface area contributed by atoms with Crippen molar-refractivity contribution in [2.24, 2.45) is 0 Å². The first kappa shape index (κ1) is 13.4. The van der Waals surface area contributed by atoms with Crippen LogP contribution in [-0.4, -0.2) is 11.1 Å². The van der Waals surface area contributed by atoms with Crippen LogP contribution in [-0.2, 0) is 0 Å². The van der Waals surface area contributed by atoms with E-state index >= 15 is 0 Å². The molecule has 0 aliphatic rings. The molecule has 2 aromatic rings. The number of carboxylic acids is 1. The van der Waals surface area contributed by atoms with Crippen molar-refractivity contribution in [2.45, 2.75) is 6.92 Å². The van der Waals surface area contributed by atoms with Crippen molar-refractivity contribution in [1.82, 2.24) is 0 Å². The third-order valence-electron chi connectivity index (χ3n) is 2.65. The molecule has 0 radical (unpaired) electrons. The highest BCUT2D eigenvalue weighted by atomic mass is 35.5. The lowest BCUT2D eigenvalue weighted by Gasteiger charge is -2.10. The van der Waals surface area contributed by atoms with E-state index in [1.165, 1.54) is 12.1 Å². The number of carboxylic acid groups (broad SMARTS) is 1. The summed E-state index contributed by atoms with van der Waals surface area (Å²) in [5.41, 5.74) is 1.77. The van der Waals surface area contributed by atoms with Crippen molar-refractivity contribution in [2.75, 3.05) is 5.32 Å². The molecule has 0 unspecified atom stereocenters. The van der Waals surface area contributed by atoms with Crippen LogP contribution in [0.25, 0.3) is 0 Å². The Bertz CT molecular complexity index is 643. The molecule has 0 fully saturated rings. The van der Waals surface area contributed by atoms with Gasteiger partial charge in [-0.25, -0.2) is 9.18 Å². The Hall–Kier alpha value is -2.07. The van der Waals surface area contributed by atoms with Crippen molar-refractivity contribution in [3.05, 3.63) is 58.4 Å². The van der Waals surface area contributed by atoms with E-state index in [1.54, 1.807) is 18.2 Å². The molecule has 0 spiro atoms. The summed E-state index contributed by atoms with van der Waals surface area (Å²) in [5, 5.41) is 12.6. The van der Waals surface area contributed by atoms with Gasteiger partial charge in [0.25, 0.3) is 0 Å². The number of rotatable bonds is 3. The molecule has 0 amide bonds. The van der Waals surface area contributed by atoms with Gasteiger partial charge in [-0.3, -0.25) is 0 Å². The lowest BCUT2D eigenvalue weighted by molar-refractivity contribution is 0.0697. The second-order valence-corrected chi connectivity index (χ2v) is 4.49. The lowest BCUT2D eigenvalue weighted by atomic mass is 10.1. The molecular weight excluding hydrogens is 269 g/mol. The SMILES string of the molecule is Cc1cc(Nc2ccc(F)cc2C(=O)O)ccc1Cl. The van der Waals surface area contributed by atoms with E-state index in [0.29, 0.717) is 16.4 Å². The fraction of sp³-hybridized carbons (Fsp3) is 0.0714. The summed E-state index contributed by atoms with van der Waals surface area (Å²) in [6.07, 6.45) is 0. The van der Waals surface area contributed by atoms with E-state index in [9.17, 15) is 9.18 Å². The molecule has 2 N–H and O–H groups in total. The molecule has 19 heavy (non-hydrogen) atoms. The van der Waals surface area contributed by atoms with E-state index in [1.807, 2.05) is 6.92 Å². The fourth-order valence-electron chi connectivity index (χ4n) is 1.68. The molecule has 0 aliphatic heterocycles. The van der Waals surface area contributed by atoms with Gasteiger partial charge in [0, 0.05) is 10.7 Å². The van der Waals surface area contributed by atoms with Crippen LogP contribution in [0.15, 0.2) is 36.4 Å². The van der Waals surface area contributed by atoms with E-state index in [2.05, 4.69) is 5.32 Å². The van der Waals surface area contributed by atoms with Gasteiger partial charge < -0.3 is 10.4 Å². The number of anilines is 2. The van der Waals surface area contributed by atoms with E-state index in [0.717, 1.165) is 11.6 Å². The van der Waals surface area contributed by atoms with Gasteiger partial charge in [-0.15, -0.1) is 0 Å². The van der Waals surface area contributed by atoms with Gasteiger partial charge in [0.1, 0.15) is 5.82 Å². The molecule has 2 rings (SSSR count). The summed E-state index contributed by atoms with van der Waals surface area (Å²) in [5.74, 6) is -1.78. The zero-order chi connectivity index (χ0) is 14.0. The van der Waals surface area contributed by atoms with Gasteiger partial charge in [-0.1, -0.05) is 11.6 Å². The highest BCUT2D eigenvalue weighted by molar-refractivity contribution is 6.31. The number of hydrogen-bond donors (Lipinski definition) is 2. The predicted octanol–water partition coefficient (Wildman–Crippen LogP) is 4.23. The van der Waals surface area contributed by atoms with Gasteiger partial charge in [0.15, 0.2) is 0 Å². The molecule has 0 saturated carbocycles. The first-order chi connectivity index (χ1) is 8.97. The van der Waals surface area contributed by atoms with E-state index < -0.39 is 11.8 Å². The molecule has 0 heterocycles. The van der Waals surface area contributed by atoms with Crippen LogP contribution in [0.4, 0.5) is 15.8 Å². The molecule has 0 saturated heterocycles. The van der Waals surface area contributed by atoms with Crippen LogP contribution in [0.5, 0.6) is 0 Å². The zero-order valence-electron chi connectivity index (χ0n) is 10.1. The Morgan fingerprint density at radius 2 is 2.00 bits per heavy atom. The lowest BCUT2D eigenvalue weighted by Crippen LogP contribution is -2.03. The van der Waals surface area contributed by atoms with Crippen LogP contribution < -0.4 is 5.32 Å². The number of aromatic carboxylic acids is 1. The van der Waals surface area contributed by atoms with E-state index in [-0.39, 0.29) is 5.56 Å². The Labute approximate surface area is 114 Å². The number of carbonyl (C=O) groups is 1. The Morgan fingerprint density at radius 3 is 2.63 bits per heavy atom. The number of halogens is 2. The summed E-state index contributed by atoms with van der Waals surface area (Å²) in [7, 11) is 0. The maximum absolute atomic E-state index is 13.1. The molecule has 3 nitrogen and oxygen atoms in total.